The Hall–Kier alpha value is -1.59. The van der Waals surface area contributed by atoms with Crippen LogP contribution in [-0.4, -0.2) is 13.7 Å². The van der Waals surface area contributed by atoms with Gasteiger partial charge in [0, 0.05) is 21.1 Å². The van der Waals surface area contributed by atoms with Crippen LogP contribution in [0.4, 0.5) is 0 Å². The molecule has 0 fully saturated rings. The first-order valence-corrected chi connectivity index (χ1v) is 9.23. The molecule has 6 heteroatoms. The van der Waals surface area contributed by atoms with Gasteiger partial charge in [0.05, 0.1) is 0 Å². The van der Waals surface area contributed by atoms with Crippen LogP contribution in [0.1, 0.15) is 67.7 Å². The molecule has 6 nitrogen and oxygen atoms in total. The van der Waals surface area contributed by atoms with Gasteiger partial charge >= 0.3 is 17.1 Å². The summed E-state index contributed by atoms with van der Waals surface area (Å²) in [7, 11) is 3.97. The molecule has 0 unspecified atom stereocenters. The predicted octanol–water partition coefficient (Wildman–Crippen LogP) is 2.91. The van der Waals surface area contributed by atoms with E-state index in [0.717, 1.165) is 31.5 Å². The van der Waals surface area contributed by atoms with E-state index in [1.807, 2.05) is 0 Å². The fraction of sp³-hybridized carbons (Fsp3) is 0.842. The first kappa shape index (κ1) is 25.6. The van der Waals surface area contributed by atoms with Crippen LogP contribution in [0.3, 0.4) is 0 Å². The van der Waals surface area contributed by atoms with Crippen molar-refractivity contribution in [3.63, 3.8) is 0 Å². The highest BCUT2D eigenvalue weighted by Crippen LogP contribution is 2.08. The van der Waals surface area contributed by atoms with Crippen LogP contribution in [0.5, 0.6) is 0 Å². The van der Waals surface area contributed by atoms with Gasteiger partial charge in [0.15, 0.2) is 0 Å². The van der Waals surface area contributed by atoms with Gasteiger partial charge in [-0.05, 0) is 24.2 Å². The number of aromatic nitrogens is 3. The van der Waals surface area contributed by atoms with Crippen LogP contribution in [-0.2, 0) is 21.1 Å². The molecule has 0 radical (unpaired) electrons. The molecule has 1 heterocycles. The minimum Gasteiger partial charge on any atom is -0.248 e. The smallest absolute Gasteiger partial charge is 0.248 e. The summed E-state index contributed by atoms with van der Waals surface area (Å²) < 4.78 is 2.63. The lowest BCUT2D eigenvalue weighted by atomic mass is 10.0. The average molecular weight is 358 g/mol. The monoisotopic (exact) mass is 357 g/mol. The van der Waals surface area contributed by atoms with Gasteiger partial charge in [-0.1, -0.05) is 61.3 Å². The van der Waals surface area contributed by atoms with Crippen LogP contribution >= 0.6 is 0 Å². The normalized spacial score (nSPS) is 10.4. The number of hydrogen-bond donors (Lipinski definition) is 0. The van der Waals surface area contributed by atoms with Crippen molar-refractivity contribution < 1.29 is 0 Å². The molecule has 0 N–H and O–H groups in total. The minimum absolute atomic E-state index is 0.608. The van der Waals surface area contributed by atoms with Crippen molar-refractivity contribution in [2.45, 2.75) is 67.7 Å². The summed E-state index contributed by atoms with van der Waals surface area (Å²) >= 11 is 0. The van der Waals surface area contributed by atoms with E-state index >= 15 is 0 Å². The standard InChI is InChI=1S/C7H16.C6H9N3O3.C6H14/c1-6(2)5-7(3)4;1-7-4(10)8(2)6(12)9(3)5(7)11;1-4-6(3)5-2/h6-7H,5H2,1-4H3;1-3H3;6H,4-5H2,1-3H3. The van der Waals surface area contributed by atoms with E-state index in [1.54, 1.807) is 0 Å². The zero-order valence-electron chi connectivity index (χ0n) is 17.9. The van der Waals surface area contributed by atoms with Crippen LogP contribution in [0.2, 0.25) is 0 Å². The molecule has 1 aromatic rings. The second kappa shape index (κ2) is 12.7. The van der Waals surface area contributed by atoms with Crippen molar-refractivity contribution in [3.05, 3.63) is 31.5 Å². The zero-order chi connectivity index (χ0) is 20.3. The number of hydrogen-bond acceptors (Lipinski definition) is 3. The summed E-state index contributed by atoms with van der Waals surface area (Å²) in [4.78, 5) is 33.2. The second-order valence-electron chi connectivity index (χ2n) is 7.47. The molecule has 0 saturated carbocycles. The highest BCUT2D eigenvalue weighted by Gasteiger charge is 2.05. The van der Waals surface area contributed by atoms with Gasteiger partial charge in [0.1, 0.15) is 0 Å². The lowest BCUT2D eigenvalue weighted by Crippen LogP contribution is -2.51. The fourth-order valence-corrected chi connectivity index (χ4v) is 2.15. The highest BCUT2D eigenvalue weighted by molar-refractivity contribution is 4.73. The van der Waals surface area contributed by atoms with Gasteiger partial charge in [-0.15, -0.1) is 0 Å². The molecular formula is C19H39N3O3. The van der Waals surface area contributed by atoms with Crippen LogP contribution in [0, 0.1) is 17.8 Å². The third kappa shape index (κ3) is 10.1. The topological polar surface area (TPSA) is 66.0 Å². The van der Waals surface area contributed by atoms with Crippen LogP contribution < -0.4 is 17.1 Å². The first-order chi connectivity index (χ1) is 11.4. The molecule has 0 saturated heterocycles. The minimum atomic E-state index is -0.608. The Morgan fingerprint density at radius 1 is 0.640 bits per heavy atom. The van der Waals surface area contributed by atoms with Crippen molar-refractivity contribution in [2.24, 2.45) is 38.9 Å². The zero-order valence-corrected chi connectivity index (χ0v) is 17.9. The largest absolute Gasteiger partial charge is 0.335 e. The Kier molecular flexibility index (Phi) is 13.1. The van der Waals surface area contributed by atoms with E-state index in [0.29, 0.717) is 0 Å². The second-order valence-corrected chi connectivity index (χ2v) is 7.47. The maximum absolute atomic E-state index is 11.1. The summed E-state index contributed by atoms with van der Waals surface area (Å²) in [5.74, 6) is 2.69. The molecule has 0 amide bonds. The molecular weight excluding hydrogens is 318 g/mol. The van der Waals surface area contributed by atoms with E-state index in [9.17, 15) is 14.4 Å². The Morgan fingerprint density at radius 2 is 0.880 bits per heavy atom. The van der Waals surface area contributed by atoms with Gasteiger partial charge < -0.3 is 0 Å². The summed E-state index contributed by atoms with van der Waals surface area (Å²) in [6.07, 6.45) is 4.02. The van der Waals surface area contributed by atoms with Gasteiger partial charge in [0.2, 0.25) is 0 Å². The van der Waals surface area contributed by atoms with E-state index in [1.165, 1.54) is 40.4 Å². The van der Waals surface area contributed by atoms with Gasteiger partial charge in [0.25, 0.3) is 0 Å². The Labute approximate surface area is 152 Å². The Balaban J connectivity index is 0. The van der Waals surface area contributed by atoms with Gasteiger partial charge in [-0.2, -0.15) is 0 Å². The third-order valence-corrected chi connectivity index (χ3v) is 4.06. The van der Waals surface area contributed by atoms with E-state index in [2.05, 4.69) is 48.5 Å². The molecule has 0 aliphatic rings. The molecule has 1 rings (SSSR count). The van der Waals surface area contributed by atoms with Crippen LogP contribution in [0.15, 0.2) is 14.4 Å². The van der Waals surface area contributed by atoms with Gasteiger partial charge in [-0.3, -0.25) is 0 Å². The molecule has 0 aromatic carbocycles. The van der Waals surface area contributed by atoms with Crippen molar-refractivity contribution in [1.82, 2.24) is 13.7 Å². The molecule has 25 heavy (non-hydrogen) atoms. The highest BCUT2D eigenvalue weighted by atomic mass is 16.2. The SMILES string of the molecule is CC(C)CC(C)C.CCC(C)CC.Cn1c(=O)n(C)c(=O)n(C)c1=O. The van der Waals surface area contributed by atoms with Crippen molar-refractivity contribution in [3.8, 4) is 0 Å². The van der Waals surface area contributed by atoms with Crippen molar-refractivity contribution >= 4 is 0 Å². The first-order valence-electron chi connectivity index (χ1n) is 9.23. The maximum atomic E-state index is 11.1. The van der Waals surface area contributed by atoms with Crippen molar-refractivity contribution in [1.29, 1.82) is 0 Å². The Morgan fingerprint density at radius 3 is 0.960 bits per heavy atom. The molecule has 0 aliphatic carbocycles. The van der Waals surface area contributed by atoms with Crippen molar-refractivity contribution in [2.75, 3.05) is 0 Å². The summed E-state index contributed by atoms with van der Waals surface area (Å²) in [5.41, 5.74) is -1.82. The lowest BCUT2D eigenvalue weighted by Gasteiger charge is -2.05. The van der Waals surface area contributed by atoms with Crippen LogP contribution in [0.25, 0.3) is 0 Å². The molecule has 0 atom stereocenters. The molecule has 1 aromatic heterocycles. The lowest BCUT2D eigenvalue weighted by molar-refractivity contribution is 0.469. The maximum Gasteiger partial charge on any atom is 0.335 e. The molecule has 0 aliphatic heterocycles. The summed E-state index contributed by atoms with van der Waals surface area (Å²) in [6, 6.07) is 0. The third-order valence-electron chi connectivity index (χ3n) is 4.06. The van der Waals surface area contributed by atoms with E-state index < -0.39 is 17.1 Å². The summed E-state index contributed by atoms with van der Waals surface area (Å²) in [6.45, 7) is 15.8. The van der Waals surface area contributed by atoms with Gasteiger partial charge in [-0.25, -0.2) is 28.1 Å². The van der Waals surface area contributed by atoms with E-state index in [4.69, 9.17) is 0 Å². The Bertz CT molecular complexity index is 540. The quantitative estimate of drug-likeness (QED) is 0.832. The predicted molar refractivity (Wildman–Crippen MR) is 106 cm³/mol. The number of rotatable bonds is 4. The van der Waals surface area contributed by atoms with E-state index in [-0.39, 0.29) is 0 Å². The number of nitrogens with zero attached hydrogens (tertiary/aromatic N) is 3. The summed E-state index contributed by atoms with van der Waals surface area (Å²) in [5, 5.41) is 0. The average Bonchev–Trinajstić information content (AvgIpc) is 2.55. The fourth-order valence-electron chi connectivity index (χ4n) is 2.15. The molecule has 0 bridgehead atoms. The molecule has 148 valence electrons. The molecule has 0 spiro atoms.